The molecule has 1 unspecified atom stereocenters. The van der Waals surface area contributed by atoms with Gasteiger partial charge in [0.25, 0.3) is 0 Å². The maximum Gasteiger partial charge on any atom is 0.0724 e. The van der Waals surface area contributed by atoms with Gasteiger partial charge < -0.3 is 0 Å². The zero-order chi connectivity index (χ0) is 18.0. The van der Waals surface area contributed by atoms with Crippen LogP contribution >= 0.6 is 0 Å². The van der Waals surface area contributed by atoms with Gasteiger partial charge in [-0.15, -0.1) is 0 Å². The molecule has 3 aromatic rings. The van der Waals surface area contributed by atoms with Gasteiger partial charge in [-0.3, -0.25) is 4.90 Å². The van der Waals surface area contributed by atoms with Gasteiger partial charge in [-0.05, 0) is 23.1 Å². The predicted molar refractivity (Wildman–Crippen MR) is 106 cm³/mol. The first-order chi connectivity index (χ1) is 12.8. The molecule has 0 radical (unpaired) electrons. The monoisotopic (exact) mass is 340 g/mol. The summed E-state index contributed by atoms with van der Waals surface area (Å²) in [4.78, 5) is 2.43. The maximum atomic E-state index is 9.60. The molecule has 3 rings (SSSR count). The summed E-state index contributed by atoms with van der Waals surface area (Å²) in [6.45, 7) is 2.67. The Hall–Kier alpha value is -2.89. The molecule has 0 bridgehead atoms. The highest BCUT2D eigenvalue weighted by Crippen LogP contribution is 2.20. The third-order valence-electron chi connectivity index (χ3n) is 4.59. The highest BCUT2D eigenvalue weighted by molar-refractivity contribution is 5.24. The second-order valence-electron chi connectivity index (χ2n) is 6.56. The van der Waals surface area contributed by atoms with Crippen LogP contribution in [0.2, 0.25) is 0 Å². The summed E-state index contributed by atoms with van der Waals surface area (Å²) in [6, 6.07) is 33.7. The van der Waals surface area contributed by atoms with Gasteiger partial charge in [-0.2, -0.15) is 5.26 Å². The Morgan fingerprint density at radius 1 is 0.692 bits per heavy atom. The molecule has 3 aromatic carbocycles. The molecule has 0 heterocycles. The van der Waals surface area contributed by atoms with E-state index in [1.165, 1.54) is 11.1 Å². The number of hydrogen-bond acceptors (Lipinski definition) is 2. The van der Waals surface area contributed by atoms with E-state index in [1.807, 2.05) is 42.5 Å². The first-order valence-corrected chi connectivity index (χ1v) is 9.10. The van der Waals surface area contributed by atoms with Gasteiger partial charge in [-0.1, -0.05) is 91.0 Å². The summed E-state index contributed by atoms with van der Waals surface area (Å²) in [5.74, 6) is -0.0646. The van der Waals surface area contributed by atoms with Crippen molar-refractivity contribution in [3.63, 3.8) is 0 Å². The Labute approximate surface area is 156 Å². The van der Waals surface area contributed by atoms with Crippen LogP contribution < -0.4 is 0 Å². The van der Waals surface area contributed by atoms with Crippen molar-refractivity contribution in [3.05, 3.63) is 108 Å². The van der Waals surface area contributed by atoms with Crippen LogP contribution in [-0.2, 0) is 13.1 Å². The summed E-state index contributed by atoms with van der Waals surface area (Å²) in [5, 5.41) is 9.60. The van der Waals surface area contributed by atoms with E-state index in [0.717, 1.165) is 31.6 Å². The standard InChI is InChI=1S/C24H24N2/c25-18-24(23-14-8-3-9-15-23)16-17-26(19-21-10-4-1-5-11-21)20-22-12-6-2-7-13-22/h1-15,24H,16-17,19-20H2. The molecule has 0 fully saturated rings. The highest BCUT2D eigenvalue weighted by Gasteiger charge is 2.14. The van der Waals surface area contributed by atoms with Crippen LogP contribution in [0.25, 0.3) is 0 Å². The van der Waals surface area contributed by atoms with E-state index in [1.54, 1.807) is 0 Å². The molecule has 130 valence electrons. The number of benzene rings is 3. The lowest BCUT2D eigenvalue weighted by Crippen LogP contribution is -2.25. The quantitative estimate of drug-likeness (QED) is 0.550. The normalized spacial score (nSPS) is 11.8. The van der Waals surface area contributed by atoms with E-state index >= 15 is 0 Å². The van der Waals surface area contributed by atoms with Crippen LogP contribution in [0.5, 0.6) is 0 Å². The summed E-state index contributed by atoms with van der Waals surface area (Å²) < 4.78 is 0. The molecule has 0 aliphatic rings. The van der Waals surface area contributed by atoms with E-state index in [2.05, 4.69) is 59.5 Å². The Bertz CT molecular complexity index is 766. The lowest BCUT2D eigenvalue weighted by Gasteiger charge is -2.24. The molecule has 1 atom stereocenters. The fourth-order valence-corrected chi connectivity index (χ4v) is 3.20. The Balaban J connectivity index is 1.69. The topological polar surface area (TPSA) is 27.0 Å². The minimum atomic E-state index is -0.0646. The third-order valence-corrected chi connectivity index (χ3v) is 4.59. The van der Waals surface area contributed by atoms with Gasteiger partial charge in [0.05, 0.1) is 12.0 Å². The van der Waals surface area contributed by atoms with Crippen molar-refractivity contribution < 1.29 is 0 Å². The number of nitrogens with zero attached hydrogens (tertiary/aromatic N) is 2. The van der Waals surface area contributed by atoms with Crippen LogP contribution in [-0.4, -0.2) is 11.4 Å². The molecule has 0 amide bonds. The Morgan fingerprint density at radius 2 is 1.15 bits per heavy atom. The van der Waals surface area contributed by atoms with E-state index in [0.29, 0.717) is 0 Å². The van der Waals surface area contributed by atoms with Crippen LogP contribution in [0.1, 0.15) is 29.0 Å². The molecule has 0 saturated heterocycles. The number of hydrogen-bond donors (Lipinski definition) is 0. The summed E-state index contributed by atoms with van der Waals surface area (Å²) in [7, 11) is 0. The maximum absolute atomic E-state index is 9.60. The zero-order valence-corrected chi connectivity index (χ0v) is 15.0. The SMILES string of the molecule is N#CC(CCN(Cc1ccccc1)Cc1ccccc1)c1ccccc1. The van der Waals surface area contributed by atoms with Gasteiger partial charge in [0.15, 0.2) is 0 Å². The molecule has 0 aromatic heterocycles. The van der Waals surface area contributed by atoms with Gasteiger partial charge in [0.2, 0.25) is 0 Å². The minimum Gasteiger partial charge on any atom is -0.295 e. The molecule has 2 heteroatoms. The Kier molecular flexibility index (Phi) is 6.59. The molecule has 0 N–H and O–H groups in total. The second kappa shape index (κ2) is 9.56. The minimum absolute atomic E-state index is 0.0646. The van der Waals surface area contributed by atoms with E-state index in [9.17, 15) is 5.26 Å². The van der Waals surface area contributed by atoms with E-state index in [4.69, 9.17) is 0 Å². The van der Waals surface area contributed by atoms with Crippen LogP contribution in [0.3, 0.4) is 0 Å². The van der Waals surface area contributed by atoms with Crippen molar-refractivity contribution in [1.29, 1.82) is 5.26 Å². The summed E-state index contributed by atoms with van der Waals surface area (Å²) >= 11 is 0. The second-order valence-corrected chi connectivity index (χ2v) is 6.56. The molecule has 0 aliphatic heterocycles. The third kappa shape index (κ3) is 5.31. The number of rotatable bonds is 8. The molecular weight excluding hydrogens is 316 g/mol. The predicted octanol–water partition coefficient (Wildman–Crippen LogP) is 5.39. The van der Waals surface area contributed by atoms with Gasteiger partial charge in [0, 0.05) is 19.6 Å². The molecule has 26 heavy (non-hydrogen) atoms. The summed E-state index contributed by atoms with van der Waals surface area (Å²) in [5.41, 5.74) is 3.71. The van der Waals surface area contributed by atoms with Gasteiger partial charge >= 0.3 is 0 Å². The molecule has 0 aliphatic carbocycles. The molecule has 0 spiro atoms. The highest BCUT2D eigenvalue weighted by atomic mass is 15.1. The van der Waals surface area contributed by atoms with Crippen molar-refractivity contribution in [3.8, 4) is 6.07 Å². The first-order valence-electron chi connectivity index (χ1n) is 9.10. The van der Waals surface area contributed by atoms with Crippen LogP contribution in [0.15, 0.2) is 91.0 Å². The Morgan fingerprint density at radius 3 is 1.62 bits per heavy atom. The van der Waals surface area contributed by atoms with Crippen LogP contribution in [0.4, 0.5) is 0 Å². The van der Waals surface area contributed by atoms with E-state index in [-0.39, 0.29) is 5.92 Å². The van der Waals surface area contributed by atoms with Gasteiger partial charge in [-0.25, -0.2) is 0 Å². The molecular formula is C24H24N2. The van der Waals surface area contributed by atoms with Crippen molar-refractivity contribution in [2.75, 3.05) is 6.54 Å². The van der Waals surface area contributed by atoms with Crippen LogP contribution in [0, 0.1) is 11.3 Å². The fourth-order valence-electron chi connectivity index (χ4n) is 3.20. The van der Waals surface area contributed by atoms with Gasteiger partial charge in [0.1, 0.15) is 0 Å². The van der Waals surface area contributed by atoms with Crippen molar-refractivity contribution in [2.45, 2.75) is 25.4 Å². The number of nitriles is 1. The summed E-state index contributed by atoms with van der Waals surface area (Å²) in [6.07, 6.45) is 0.834. The lowest BCUT2D eigenvalue weighted by molar-refractivity contribution is 0.250. The fraction of sp³-hybridized carbons (Fsp3) is 0.208. The van der Waals surface area contributed by atoms with Crippen molar-refractivity contribution >= 4 is 0 Å². The average molecular weight is 340 g/mol. The smallest absolute Gasteiger partial charge is 0.0724 e. The average Bonchev–Trinajstić information content (AvgIpc) is 2.71. The van der Waals surface area contributed by atoms with Crippen molar-refractivity contribution in [2.24, 2.45) is 0 Å². The van der Waals surface area contributed by atoms with E-state index < -0.39 is 0 Å². The van der Waals surface area contributed by atoms with Crippen molar-refractivity contribution in [1.82, 2.24) is 4.90 Å². The molecule has 2 nitrogen and oxygen atoms in total. The zero-order valence-electron chi connectivity index (χ0n) is 15.0. The molecule has 0 saturated carbocycles. The lowest BCUT2D eigenvalue weighted by atomic mass is 9.97. The first kappa shape index (κ1) is 17.9. The largest absolute Gasteiger partial charge is 0.295 e.